The molecule has 0 radical (unpaired) electrons. The second kappa shape index (κ2) is 5.51. The van der Waals surface area contributed by atoms with Crippen LogP contribution in [0.5, 0.6) is 0 Å². The molecule has 0 unspecified atom stereocenters. The van der Waals surface area contributed by atoms with Gasteiger partial charge in [-0.3, -0.25) is 9.48 Å². The number of anilines is 1. The van der Waals surface area contributed by atoms with Gasteiger partial charge in [0.05, 0.1) is 11.3 Å². The van der Waals surface area contributed by atoms with Crippen LogP contribution in [0.2, 0.25) is 0 Å². The maximum atomic E-state index is 12.0. The molecule has 6 nitrogen and oxygen atoms in total. The van der Waals surface area contributed by atoms with Gasteiger partial charge < -0.3 is 11.1 Å². The zero-order chi connectivity index (χ0) is 13.8. The molecule has 19 heavy (non-hydrogen) atoms. The van der Waals surface area contributed by atoms with E-state index in [1.54, 1.807) is 23.0 Å². The summed E-state index contributed by atoms with van der Waals surface area (Å²) in [6.07, 6.45) is 4.30. The highest BCUT2D eigenvalue weighted by Gasteiger charge is 2.11. The van der Waals surface area contributed by atoms with Crippen LogP contribution in [0, 0.1) is 0 Å². The third kappa shape index (κ3) is 2.90. The summed E-state index contributed by atoms with van der Waals surface area (Å²) in [5.74, 6) is 0.0124. The number of nitrogen functional groups attached to an aromatic ring is 1. The summed E-state index contributed by atoms with van der Waals surface area (Å²) < 4.78 is 1.75. The molecule has 0 aliphatic rings. The van der Waals surface area contributed by atoms with Crippen molar-refractivity contribution in [3.05, 3.63) is 41.3 Å². The molecule has 3 N–H and O–H groups in total. The molecule has 1 amide bonds. The van der Waals surface area contributed by atoms with E-state index >= 15 is 0 Å². The highest BCUT2D eigenvalue weighted by Crippen LogP contribution is 2.09. The van der Waals surface area contributed by atoms with Gasteiger partial charge in [0, 0.05) is 31.5 Å². The number of carbonyl (C=O) groups is 1. The summed E-state index contributed by atoms with van der Waals surface area (Å²) >= 11 is 0. The number of nitrogens with two attached hydrogens (primary N) is 1. The predicted octanol–water partition coefficient (Wildman–Crippen LogP) is 0.890. The highest BCUT2D eigenvalue weighted by atomic mass is 16.1. The molecule has 2 aromatic rings. The van der Waals surface area contributed by atoms with Crippen LogP contribution in [0.25, 0.3) is 0 Å². The number of carbonyl (C=O) groups excluding carboxylic acids is 1. The van der Waals surface area contributed by atoms with Gasteiger partial charge >= 0.3 is 0 Å². The molecule has 0 fully saturated rings. The zero-order valence-corrected chi connectivity index (χ0v) is 11.1. The molecule has 0 aromatic carbocycles. The fourth-order valence-corrected chi connectivity index (χ4v) is 1.91. The van der Waals surface area contributed by atoms with Crippen LogP contribution in [-0.2, 0) is 20.0 Å². The van der Waals surface area contributed by atoms with Crippen LogP contribution in [-0.4, -0.2) is 20.7 Å². The average molecular weight is 259 g/mol. The van der Waals surface area contributed by atoms with Crippen LogP contribution >= 0.6 is 0 Å². The van der Waals surface area contributed by atoms with Gasteiger partial charge in [-0.05, 0) is 18.6 Å². The number of pyridine rings is 1. The molecule has 0 saturated heterocycles. The van der Waals surface area contributed by atoms with Crippen molar-refractivity contribution < 1.29 is 4.79 Å². The second-order valence-corrected chi connectivity index (χ2v) is 4.25. The van der Waals surface area contributed by atoms with E-state index in [9.17, 15) is 4.79 Å². The van der Waals surface area contributed by atoms with E-state index in [4.69, 9.17) is 5.73 Å². The van der Waals surface area contributed by atoms with Crippen molar-refractivity contribution in [1.29, 1.82) is 0 Å². The topological polar surface area (TPSA) is 85.8 Å². The molecule has 2 aromatic heterocycles. The molecule has 0 bridgehead atoms. The lowest BCUT2D eigenvalue weighted by atomic mass is 10.2. The predicted molar refractivity (Wildman–Crippen MR) is 72.4 cm³/mol. The van der Waals surface area contributed by atoms with Crippen LogP contribution < -0.4 is 11.1 Å². The first-order valence-corrected chi connectivity index (χ1v) is 6.12. The first kappa shape index (κ1) is 13.1. The number of aryl methyl sites for hydroxylation is 2. The summed E-state index contributed by atoms with van der Waals surface area (Å²) in [6.45, 7) is 2.47. The van der Waals surface area contributed by atoms with Crippen molar-refractivity contribution in [3.63, 3.8) is 0 Å². The number of aromatic nitrogens is 3. The number of nitrogens with one attached hydrogen (secondary N) is 1. The molecule has 2 rings (SSSR count). The van der Waals surface area contributed by atoms with Gasteiger partial charge in [-0.15, -0.1) is 0 Å². The van der Waals surface area contributed by atoms with E-state index in [1.807, 2.05) is 20.2 Å². The molecular formula is C13H17N5O. The van der Waals surface area contributed by atoms with Gasteiger partial charge in [-0.25, -0.2) is 4.98 Å². The number of nitrogens with zero attached hydrogens (tertiary/aromatic N) is 3. The largest absolute Gasteiger partial charge is 0.383 e. The van der Waals surface area contributed by atoms with Gasteiger partial charge in [-0.1, -0.05) is 6.92 Å². The SMILES string of the molecule is CCc1nn(C)cc1CNC(=O)c1cccnc1N. The van der Waals surface area contributed by atoms with E-state index in [2.05, 4.69) is 15.4 Å². The monoisotopic (exact) mass is 259 g/mol. The molecule has 0 atom stereocenters. The van der Waals surface area contributed by atoms with Gasteiger partial charge in [0.25, 0.3) is 5.91 Å². The van der Waals surface area contributed by atoms with Gasteiger partial charge in [0.1, 0.15) is 5.82 Å². The van der Waals surface area contributed by atoms with Gasteiger partial charge in [0.15, 0.2) is 0 Å². The van der Waals surface area contributed by atoms with E-state index < -0.39 is 0 Å². The second-order valence-electron chi connectivity index (χ2n) is 4.25. The minimum absolute atomic E-state index is 0.225. The fourth-order valence-electron chi connectivity index (χ4n) is 1.91. The Morgan fingerprint density at radius 3 is 3.00 bits per heavy atom. The first-order valence-electron chi connectivity index (χ1n) is 6.12. The molecule has 0 aliphatic heterocycles. The Labute approximate surface area is 111 Å². The Balaban J connectivity index is 2.06. The summed E-state index contributed by atoms with van der Waals surface area (Å²) in [5.41, 5.74) is 8.06. The highest BCUT2D eigenvalue weighted by molar-refractivity contribution is 5.98. The standard InChI is InChI=1S/C13H17N5O/c1-3-11-9(8-18(2)17-11)7-16-13(19)10-5-4-6-15-12(10)14/h4-6,8H,3,7H2,1-2H3,(H2,14,15)(H,16,19). The van der Waals surface area contributed by atoms with Gasteiger partial charge in [-0.2, -0.15) is 5.10 Å². The Kier molecular flexibility index (Phi) is 3.79. The normalized spacial score (nSPS) is 10.4. The Bertz CT molecular complexity index is 590. The molecule has 0 aliphatic carbocycles. The van der Waals surface area contributed by atoms with Crippen LogP contribution in [0.15, 0.2) is 24.5 Å². The summed E-state index contributed by atoms with van der Waals surface area (Å²) in [7, 11) is 1.86. The van der Waals surface area contributed by atoms with Crippen LogP contribution in [0.1, 0.15) is 28.5 Å². The smallest absolute Gasteiger partial charge is 0.255 e. The van der Waals surface area contributed by atoms with Crippen molar-refractivity contribution in [2.45, 2.75) is 19.9 Å². The summed E-state index contributed by atoms with van der Waals surface area (Å²) in [6, 6.07) is 3.34. The fraction of sp³-hybridized carbons (Fsp3) is 0.308. The van der Waals surface area contributed by atoms with Crippen molar-refractivity contribution in [1.82, 2.24) is 20.1 Å². The molecule has 2 heterocycles. The Morgan fingerprint density at radius 1 is 1.53 bits per heavy atom. The van der Waals surface area contributed by atoms with Crippen molar-refractivity contribution >= 4 is 11.7 Å². The van der Waals surface area contributed by atoms with Crippen LogP contribution in [0.3, 0.4) is 0 Å². The average Bonchev–Trinajstić information content (AvgIpc) is 2.77. The van der Waals surface area contributed by atoms with Crippen LogP contribution in [0.4, 0.5) is 5.82 Å². The number of rotatable bonds is 4. The summed E-state index contributed by atoms with van der Waals surface area (Å²) in [4.78, 5) is 15.9. The van der Waals surface area contributed by atoms with Gasteiger partial charge in [0.2, 0.25) is 0 Å². The maximum absolute atomic E-state index is 12.0. The van der Waals surface area contributed by atoms with E-state index in [0.717, 1.165) is 17.7 Å². The number of hydrogen-bond donors (Lipinski definition) is 2. The maximum Gasteiger partial charge on any atom is 0.255 e. The summed E-state index contributed by atoms with van der Waals surface area (Å²) in [5, 5.41) is 7.16. The molecule has 6 heteroatoms. The lowest BCUT2D eigenvalue weighted by Gasteiger charge is -2.06. The molecule has 0 saturated carbocycles. The zero-order valence-electron chi connectivity index (χ0n) is 11.1. The molecular weight excluding hydrogens is 242 g/mol. The van der Waals surface area contributed by atoms with Crippen molar-refractivity contribution in [3.8, 4) is 0 Å². The third-order valence-electron chi connectivity index (χ3n) is 2.85. The van der Waals surface area contributed by atoms with Crippen molar-refractivity contribution in [2.75, 3.05) is 5.73 Å². The minimum atomic E-state index is -0.225. The minimum Gasteiger partial charge on any atom is -0.383 e. The molecule has 0 spiro atoms. The van der Waals surface area contributed by atoms with E-state index in [1.165, 1.54) is 0 Å². The quantitative estimate of drug-likeness (QED) is 0.853. The third-order valence-corrected chi connectivity index (χ3v) is 2.85. The lowest BCUT2D eigenvalue weighted by Crippen LogP contribution is -2.24. The van der Waals surface area contributed by atoms with Crippen molar-refractivity contribution in [2.24, 2.45) is 7.05 Å². The van der Waals surface area contributed by atoms with E-state index in [-0.39, 0.29) is 11.7 Å². The Morgan fingerprint density at radius 2 is 2.32 bits per heavy atom. The van der Waals surface area contributed by atoms with E-state index in [0.29, 0.717) is 12.1 Å². The number of amides is 1. The lowest BCUT2D eigenvalue weighted by molar-refractivity contribution is 0.0951. The Hall–Kier alpha value is -2.37. The number of hydrogen-bond acceptors (Lipinski definition) is 4. The molecule has 100 valence electrons. The first-order chi connectivity index (χ1) is 9.11.